The van der Waals surface area contributed by atoms with Crippen molar-refractivity contribution in [2.24, 2.45) is 0 Å². The first-order valence-electron chi connectivity index (χ1n) is 7.12. The van der Waals surface area contributed by atoms with E-state index in [0.29, 0.717) is 19.4 Å². The largest absolute Gasteiger partial charge is 0.393 e. The van der Waals surface area contributed by atoms with Crippen molar-refractivity contribution >= 4 is 6.03 Å². The monoisotopic (exact) mass is 278 g/mol. The van der Waals surface area contributed by atoms with E-state index < -0.39 is 0 Å². The molecule has 0 saturated carbocycles. The number of piperidine rings is 1. The van der Waals surface area contributed by atoms with Gasteiger partial charge in [0.25, 0.3) is 0 Å². The van der Waals surface area contributed by atoms with E-state index in [9.17, 15) is 14.3 Å². The van der Waals surface area contributed by atoms with Crippen molar-refractivity contribution in [3.63, 3.8) is 0 Å². The minimum absolute atomic E-state index is 0.0753. The van der Waals surface area contributed by atoms with E-state index in [1.165, 1.54) is 12.1 Å². The Labute approximate surface area is 117 Å². The second-order valence-corrected chi connectivity index (χ2v) is 5.70. The van der Waals surface area contributed by atoms with Crippen LogP contribution in [0.25, 0.3) is 0 Å². The van der Waals surface area contributed by atoms with Crippen molar-refractivity contribution in [1.82, 2.24) is 10.2 Å². The molecule has 2 amide bonds. The number of aliphatic hydroxyl groups excluding tert-OH is 1. The molecule has 2 N–H and O–H groups in total. The smallest absolute Gasteiger partial charge is 0.318 e. The molecule has 2 heterocycles. The molecule has 0 spiro atoms. The first-order valence-corrected chi connectivity index (χ1v) is 7.12. The second kappa shape index (κ2) is 5.40. The summed E-state index contributed by atoms with van der Waals surface area (Å²) in [6, 6.07) is 6.38. The highest BCUT2D eigenvalue weighted by Crippen LogP contribution is 2.35. The quantitative estimate of drug-likeness (QED) is 0.869. The van der Waals surface area contributed by atoms with Gasteiger partial charge in [0.2, 0.25) is 0 Å². The van der Waals surface area contributed by atoms with E-state index in [2.05, 4.69) is 5.32 Å². The Morgan fingerprint density at radius 1 is 1.25 bits per heavy atom. The predicted molar refractivity (Wildman–Crippen MR) is 72.5 cm³/mol. The fraction of sp³-hybridized carbons (Fsp3) is 0.533. The third-order valence-electron chi connectivity index (χ3n) is 4.30. The van der Waals surface area contributed by atoms with Crippen LogP contribution in [0, 0.1) is 5.82 Å². The Balaban J connectivity index is 1.58. The van der Waals surface area contributed by atoms with E-state index >= 15 is 0 Å². The third kappa shape index (κ3) is 2.63. The summed E-state index contributed by atoms with van der Waals surface area (Å²) < 4.78 is 12.8. The molecule has 20 heavy (non-hydrogen) atoms. The number of nitrogens with zero attached hydrogens (tertiary/aromatic N) is 1. The summed E-state index contributed by atoms with van der Waals surface area (Å²) in [4.78, 5) is 14.2. The van der Waals surface area contributed by atoms with Gasteiger partial charge < -0.3 is 15.3 Å². The molecule has 0 radical (unpaired) electrons. The highest BCUT2D eigenvalue weighted by atomic mass is 19.1. The van der Waals surface area contributed by atoms with Gasteiger partial charge in [-0.05, 0) is 43.4 Å². The highest BCUT2D eigenvalue weighted by molar-refractivity contribution is 5.75. The van der Waals surface area contributed by atoms with Gasteiger partial charge in [-0.2, -0.15) is 0 Å². The minimum atomic E-state index is -0.275. The van der Waals surface area contributed by atoms with Crippen molar-refractivity contribution in [3.8, 4) is 0 Å². The first-order chi connectivity index (χ1) is 9.63. The number of aliphatic hydroxyl groups is 1. The van der Waals surface area contributed by atoms with Crippen LogP contribution in [0.4, 0.5) is 9.18 Å². The average Bonchev–Trinajstić information content (AvgIpc) is 2.70. The number of amides is 2. The van der Waals surface area contributed by atoms with Gasteiger partial charge in [0.05, 0.1) is 6.10 Å². The number of urea groups is 1. The molecule has 2 aliphatic heterocycles. The lowest BCUT2D eigenvalue weighted by Gasteiger charge is -2.37. The lowest BCUT2D eigenvalue weighted by atomic mass is 10.0. The maximum Gasteiger partial charge on any atom is 0.318 e. The molecule has 1 aromatic carbocycles. The van der Waals surface area contributed by atoms with Crippen LogP contribution in [0.15, 0.2) is 24.3 Å². The van der Waals surface area contributed by atoms with Crippen molar-refractivity contribution in [2.45, 2.75) is 50.4 Å². The highest BCUT2D eigenvalue weighted by Gasteiger charge is 2.42. The van der Waals surface area contributed by atoms with Crippen molar-refractivity contribution in [1.29, 1.82) is 0 Å². The molecular formula is C15H19FN2O2. The van der Waals surface area contributed by atoms with Crippen LogP contribution in [-0.2, 0) is 6.54 Å². The summed E-state index contributed by atoms with van der Waals surface area (Å²) in [6.45, 7) is 0.400. The van der Waals surface area contributed by atoms with E-state index in [4.69, 9.17) is 0 Å². The van der Waals surface area contributed by atoms with Crippen LogP contribution in [-0.4, -0.2) is 34.2 Å². The van der Waals surface area contributed by atoms with E-state index in [1.807, 2.05) is 4.90 Å². The van der Waals surface area contributed by atoms with Gasteiger partial charge in [-0.15, -0.1) is 0 Å². The van der Waals surface area contributed by atoms with E-state index in [-0.39, 0.29) is 30.0 Å². The molecule has 4 nitrogen and oxygen atoms in total. The van der Waals surface area contributed by atoms with Gasteiger partial charge in [-0.3, -0.25) is 0 Å². The molecule has 108 valence electrons. The van der Waals surface area contributed by atoms with Crippen LogP contribution in [0.5, 0.6) is 0 Å². The number of carbonyl (C=O) groups excluding carboxylic acids is 1. The number of rotatable bonds is 2. The summed E-state index contributed by atoms with van der Waals surface area (Å²) in [5, 5.41) is 12.6. The Morgan fingerprint density at radius 3 is 2.45 bits per heavy atom. The average molecular weight is 278 g/mol. The van der Waals surface area contributed by atoms with Gasteiger partial charge >= 0.3 is 6.03 Å². The standard InChI is InChI=1S/C15H19FN2O2/c16-11-3-1-10(2-4-11)9-17-15(20)18-12-5-6-13(18)8-14(19)7-12/h1-4,12-14,19H,5-9H2,(H,17,20). The zero-order valence-electron chi connectivity index (χ0n) is 11.3. The number of benzene rings is 1. The normalized spacial score (nSPS) is 28.5. The molecular weight excluding hydrogens is 259 g/mol. The Hall–Kier alpha value is -1.62. The van der Waals surface area contributed by atoms with Crippen LogP contribution >= 0.6 is 0 Å². The van der Waals surface area contributed by atoms with Gasteiger partial charge in [-0.25, -0.2) is 9.18 Å². The maximum atomic E-state index is 12.8. The SMILES string of the molecule is O=C(NCc1ccc(F)cc1)N1C2CCC1CC(O)C2. The van der Waals surface area contributed by atoms with Gasteiger partial charge in [-0.1, -0.05) is 12.1 Å². The van der Waals surface area contributed by atoms with Crippen LogP contribution in [0.2, 0.25) is 0 Å². The fourth-order valence-corrected chi connectivity index (χ4v) is 3.35. The third-order valence-corrected chi connectivity index (χ3v) is 4.30. The van der Waals surface area contributed by atoms with Gasteiger partial charge in [0, 0.05) is 18.6 Å². The Bertz CT molecular complexity index is 477. The molecule has 1 aromatic rings. The molecule has 5 heteroatoms. The molecule has 0 aromatic heterocycles. The maximum absolute atomic E-state index is 12.8. The molecule has 2 aliphatic rings. The van der Waals surface area contributed by atoms with Gasteiger partial charge in [0.1, 0.15) is 5.82 Å². The Morgan fingerprint density at radius 2 is 1.85 bits per heavy atom. The number of fused-ring (bicyclic) bond motifs is 2. The number of hydrogen-bond donors (Lipinski definition) is 2. The summed E-state index contributed by atoms with van der Waals surface area (Å²) in [5.41, 5.74) is 0.879. The first kappa shape index (κ1) is 13.4. The summed E-state index contributed by atoms with van der Waals surface area (Å²) >= 11 is 0. The Kier molecular flexibility index (Phi) is 3.61. The van der Waals surface area contributed by atoms with E-state index in [1.54, 1.807) is 12.1 Å². The topological polar surface area (TPSA) is 52.6 Å². The van der Waals surface area contributed by atoms with Gasteiger partial charge in [0.15, 0.2) is 0 Å². The lowest BCUT2D eigenvalue weighted by Crippen LogP contribution is -2.51. The molecule has 2 unspecified atom stereocenters. The molecule has 3 rings (SSSR count). The molecule has 0 aliphatic carbocycles. The molecule has 2 saturated heterocycles. The molecule has 2 bridgehead atoms. The number of carbonyl (C=O) groups is 1. The summed E-state index contributed by atoms with van der Waals surface area (Å²) in [6.07, 6.45) is 3.05. The number of halogens is 1. The lowest BCUT2D eigenvalue weighted by molar-refractivity contribution is 0.0541. The van der Waals surface area contributed by atoms with Crippen LogP contribution < -0.4 is 5.32 Å². The number of nitrogens with one attached hydrogen (secondary N) is 1. The van der Waals surface area contributed by atoms with Crippen molar-refractivity contribution < 1.29 is 14.3 Å². The molecule has 2 fully saturated rings. The predicted octanol–water partition coefficient (Wildman–Crippen LogP) is 2.02. The summed E-state index contributed by atoms with van der Waals surface area (Å²) in [5.74, 6) is -0.275. The summed E-state index contributed by atoms with van der Waals surface area (Å²) in [7, 11) is 0. The van der Waals surface area contributed by atoms with Crippen molar-refractivity contribution in [2.75, 3.05) is 0 Å². The fourth-order valence-electron chi connectivity index (χ4n) is 3.35. The van der Waals surface area contributed by atoms with E-state index in [0.717, 1.165) is 18.4 Å². The number of hydrogen-bond acceptors (Lipinski definition) is 2. The minimum Gasteiger partial charge on any atom is -0.393 e. The second-order valence-electron chi connectivity index (χ2n) is 5.70. The zero-order chi connectivity index (χ0) is 14.1. The zero-order valence-corrected chi connectivity index (χ0v) is 11.3. The van der Waals surface area contributed by atoms with Crippen LogP contribution in [0.3, 0.4) is 0 Å². The van der Waals surface area contributed by atoms with Crippen molar-refractivity contribution in [3.05, 3.63) is 35.6 Å². The molecule has 2 atom stereocenters. The van der Waals surface area contributed by atoms with Crippen LogP contribution in [0.1, 0.15) is 31.2 Å².